The van der Waals surface area contributed by atoms with Crippen LogP contribution in [0, 0.1) is 0 Å². The summed E-state index contributed by atoms with van der Waals surface area (Å²) in [6, 6.07) is 5.54. The van der Waals surface area contributed by atoms with Gasteiger partial charge in [-0.1, -0.05) is 13.8 Å². The molecule has 0 spiro atoms. The molecule has 0 atom stereocenters. The maximum atomic E-state index is 9.39. The summed E-state index contributed by atoms with van der Waals surface area (Å²) >= 11 is 0. The zero-order valence-electron chi connectivity index (χ0n) is 8.78. The lowest BCUT2D eigenvalue weighted by atomic mass is 10.0. The molecule has 0 aliphatic rings. The number of fused-ring (bicyclic) bond motifs is 1. The van der Waals surface area contributed by atoms with E-state index < -0.39 is 0 Å². The third-order valence-electron chi connectivity index (χ3n) is 2.63. The van der Waals surface area contributed by atoms with E-state index in [1.807, 2.05) is 13.1 Å². The molecule has 2 rings (SSSR count). The highest BCUT2D eigenvalue weighted by atomic mass is 16.3. The molecule has 14 heavy (non-hydrogen) atoms. The van der Waals surface area contributed by atoms with Gasteiger partial charge in [0.1, 0.15) is 5.75 Å². The van der Waals surface area contributed by atoms with Gasteiger partial charge in [-0.3, -0.25) is 0 Å². The first-order chi connectivity index (χ1) is 6.59. The minimum absolute atomic E-state index is 0.328. The summed E-state index contributed by atoms with van der Waals surface area (Å²) in [6.45, 7) is 4.36. The molecule has 0 fully saturated rings. The molecule has 0 saturated carbocycles. The number of rotatable bonds is 1. The Morgan fingerprint density at radius 2 is 2.00 bits per heavy atom. The van der Waals surface area contributed by atoms with E-state index in [1.165, 1.54) is 10.9 Å². The summed E-state index contributed by atoms with van der Waals surface area (Å²) in [5, 5.41) is 10.6. The molecule has 0 amide bonds. The van der Waals surface area contributed by atoms with Crippen molar-refractivity contribution in [3.63, 3.8) is 0 Å². The lowest BCUT2D eigenvalue weighted by Gasteiger charge is -2.01. The van der Waals surface area contributed by atoms with Gasteiger partial charge in [0, 0.05) is 24.7 Å². The number of aromatic nitrogens is 1. The summed E-state index contributed by atoms with van der Waals surface area (Å²) in [4.78, 5) is 0. The van der Waals surface area contributed by atoms with E-state index >= 15 is 0 Å². The van der Waals surface area contributed by atoms with Gasteiger partial charge in [-0.25, -0.2) is 0 Å². The normalized spacial score (nSPS) is 11.4. The Bertz CT molecular complexity index is 468. The van der Waals surface area contributed by atoms with Crippen LogP contribution in [-0.2, 0) is 7.05 Å². The van der Waals surface area contributed by atoms with Crippen LogP contribution < -0.4 is 0 Å². The number of aromatic hydroxyl groups is 1. The molecule has 0 aliphatic heterocycles. The highest BCUT2D eigenvalue weighted by Gasteiger charge is 2.09. The molecule has 1 heterocycles. The van der Waals surface area contributed by atoms with Gasteiger partial charge < -0.3 is 9.67 Å². The van der Waals surface area contributed by atoms with Crippen molar-refractivity contribution < 1.29 is 5.11 Å². The first-order valence-corrected chi connectivity index (χ1v) is 4.87. The van der Waals surface area contributed by atoms with Crippen LogP contribution in [0.2, 0.25) is 0 Å². The molecule has 0 radical (unpaired) electrons. The maximum absolute atomic E-state index is 9.39. The van der Waals surface area contributed by atoms with Crippen LogP contribution in [-0.4, -0.2) is 9.67 Å². The molecule has 0 unspecified atom stereocenters. The number of aryl methyl sites for hydroxylation is 1. The minimum atomic E-state index is 0.328. The van der Waals surface area contributed by atoms with Crippen molar-refractivity contribution in [3.8, 4) is 5.75 Å². The van der Waals surface area contributed by atoms with Crippen molar-refractivity contribution in [1.29, 1.82) is 0 Å². The maximum Gasteiger partial charge on any atom is 0.117 e. The molecule has 0 saturated heterocycles. The van der Waals surface area contributed by atoms with Crippen molar-refractivity contribution in [2.45, 2.75) is 19.8 Å². The number of benzene rings is 1. The van der Waals surface area contributed by atoms with Crippen molar-refractivity contribution in [2.24, 2.45) is 7.05 Å². The Morgan fingerprint density at radius 1 is 1.29 bits per heavy atom. The fourth-order valence-electron chi connectivity index (χ4n) is 1.86. The summed E-state index contributed by atoms with van der Waals surface area (Å²) in [7, 11) is 2.01. The Labute approximate surface area is 83.8 Å². The molecule has 0 aliphatic carbocycles. The third kappa shape index (κ3) is 1.27. The largest absolute Gasteiger partial charge is 0.508 e. The zero-order chi connectivity index (χ0) is 10.3. The average Bonchev–Trinajstić information content (AvgIpc) is 2.44. The second kappa shape index (κ2) is 3.05. The van der Waals surface area contributed by atoms with E-state index in [4.69, 9.17) is 0 Å². The second-order valence-electron chi connectivity index (χ2n) is 4.05. The Hall–Kier alpha value is -1.44. The van der Waals surface area contributed by atoms with Crippen LogP contribution in [0.15, 0.2) is 24.4 Å². The summed E-state index contributed by atoms with van der Waals surface area (Å²) in [6.07, 6.45) is 2.13. The van der Waals surface area contributed by atoms with Gasteiger partial charge in [-0.05, 0) is 23.6 Å². The lowest BCUT2D eigenvalue weighted by molar-refractivity contribution is 0.476. The average molecular weight is 189 g/mol. The van der Waals surface area contributed by atoms with Gasteiger partial charge in [0.15, 0.2) is 0 Å². The Kier molecular flexibility index (Phi) is 1.99. The monoisotopic (exact) mass is 189 g/mol. The lowest BCUT2D eigenvalue weighted by Crippen LogP contribution is -1.84. The predicted molar refractivity (Wildman–Crippen MR) is 58.7 cm³/mol. The van der Waals surface area contributed by atoms with Gasteiger partial charge in [-0.15, -0.1) is 0 Å². The molecule has 1 N–H and O–H groups in total. The fraction of sp³-hybridized carbons (Fsp3) is 0.333. The van der Waals surface area contributed by atoms with Crippen LogP contribution in [0.25, 0.3) is 10.9 Å². The number of phenolic OH excluding ortho intramolecular Hbond substituents is 1. The van der Waals surface area contributed by atoms with Gasteiger partial charge in [-0.2, -0.15) is 0 Å². The molecular weight excluding hydrogens is 174 g/mol. The molecular formula is C12H15NO. The first kappa shape index (κ1) is 9.13. The highest BCUT2D eigenvalue weighted by Crippen LogP contribution is 2.29. The molecule has 2 aromatic rings. The second-order valence-corrected chi connectivity index (χ2v) is 4.05. The standard InChI is InChI=1S/C12H15NO/c1-8(2)11-7-13(3)12-6-9(14)4-5-10(11)12/h4-8,14H,1-3H3. The first-order valence-electron chi connectivity index (χ1n) is 4.87. The molecule has 2 heteroatoms. The molecule has 1 aromatic carbocycles. The van der Waals surface area contributed by atoms with Crippen LogP contribution in [0.5, 0.6) is 5.75 Å². The van der Waals surface area contributed by atoms with Crippen LogP contribution in [0.4, 0.5) is 0 Å². The number of hydrogen-bond donors (Lipinski definition) is 1. The van der Waals surface area contributed by atoms with Crippen LogP contribution in [0.1, 0.15) is 25.3 Å². The Morgan fingerprint density at radius 3 is 2.64 bits per heavy atom. The van der Waals surface area contributed by atoms with Gasteiger partial charge in [0.25, 0.3) is 0 Å². The van der Waals surface area contributed by atoms with E-state index in [0.717, 1.165) is 5.52 Å². The SMILES string of the molecule is CC(C)c1cn(C)c2cc(O)ccc12. The zero-order valence-corrected chi connectivity index (χ0v) is 8.78. The number of phenols is 1. The predicted octanol–water partition coefficient (Wildman–Crippen LogP) is 3.01. The van der Waals surface area contributed by atoms with E-state index in [-0.39, 0.29) is 0 Å². The van der Waals surface area contributed by atoms with Crippen molar-refractivity contribution in [3.05, 3.63) is 30.0 Å². The number of nitrogens with zero attached hydrogens (tertiary/aromatic N) is 1. The number of hydrogen-bond acceptors (Lipinski definition) is 1. The molecule has 74 valence electrons. The van der Waals surface area contributed by atoms with E-state index in [9.17, 15) is 5.11 Å². The molecule has 0 bridgehead atoms. The third-order valence-corrected chi connectivity index (χ3v) is 2.63. The summed E-state index contributed by atoms with van der Waals surface area (Å²) < 4.78 is 2.06. The van der Waals surface area contributed by atoms with E-state index in [0.29, 0.717) is 11.7 Å². The quantitative estimate of drug-likeness (QED) is 0.733. The highest BCUT2D eigenvalue weighted by molar-refractivity contribution is 5.85. The van der Waals surface area contributed by atoms with Crippen molar-refractivity contribution in [2.75, 3.05) is 0 Å². The summed E-state index contributed by atoms with van der Waals surface area (Å²) in [5.74, 6) is 0.845. The van der Waals surface area contributed by atoms with Gasteiger partial charge in [0.2, 0.25) is 0 Å². The topological polar surface area (TPSA) is 25.2 Å². The van der Waals surface area contributed by atoms with E-state index in [2.05, 4.69) is 24.6 Å². The van der Waals surface area contributed by atoms with E-state index in [1.54, 1.807) is 12.1 Å². The van der Waals surface area contributed by atoms with Crippen molar-refractivity contribution in [1.82, 2.24) is 4.57 Å². The molecule has 2 nitrogen and oxygen atoms in total. The Balaban J connectivity index is 2.77. The van der Waals surface area contributed by atoms with Crippen molar-refractivity contribution >= 4 is 10.9 Å². The van der Waals surface area contributed by atoms with Gasteiger partial charge >= 0.3 is 0 Å². The fourth-order valence-corrected chi connectivity index (χ4v) is 1.86. The van der Waals surface area contributed by atoms with Gasteiger partial charge in [0.05, 0.1) is 5.52 Å². The molecule has 1 aromatic heterocycles. The van der Waals surface area contributed by atoms with Crippen LogP contribution >= 0.6 is 0 Å². The van der Waals surface area contributed by atoms with Crippen LogP contribution in [0.3, 0.4) is 0 Å². The summed E-state index contributed by atoms with van der Waals surface area (Å²) in [5.41, 5.74) is 2.43. The smallest absolute Gasteiger partial charge is 0.117 e. The minimum Gasteiger partial charge on any atom is -0.508 e.